The van der Waals surface area contributed by atoms with Gasteiger partial charge in [-0.3, -0.25) is 14.5 Å². The molecule has 0 saturated heterocycles. The van der Waals surface area contributed by atoms with Gasteiger partial charge in [0.2, 0.25) is 0 Å². The van der Waals surface area contributed by atoms with E-state index in [0.717, 1.165) is 55.3 Å². The molecule has 5 rings (SSSR count). The maximum Gasteiger partial charge on any atom is 0.419 e. The van der Waals surface area contributed by atoms with Gasteiger partial charge in [0.15, 0.2) is 11.4 Å². The summed E-state index contributed by atoms with van der Waals surface area (Å²) < 4.78 is 9.01. The number of aromatic nitrogens is 5. The Hall–Kier alpha value is -3.26. The molecule has 4 aromatic rings. The maximum absolute atomic E-state index is 12.1. The highest BCUT2D eigenvalue weighted by molar-refractivity contribution is 5.72. The zero-order valence-corrected chi connectivity index (χ0v) is 15.4. The van der Waals surface area contributed by atoms with Crippen molar-refractivity contribution in [3.8, 4) is 11.4 Å². The van der Waals surface area contributed by atoms with E-state index >= 15 is 0 Å². The minimum atomic E-state index is -0.299. The van der Waals surface area contributed by atoms with Crippen molar-refractivity contribution in [2.24, 2.45) is 0 Å². The molecule has 0 fully saturated rings. The summed E-state index contributed by atoms with van der Waals surface area (Å²) in [5, 5.41) is 4.65. The molecule has 0 bridgehead atoms. The van der Waals surface area contributed by atoms with Crippen molar-refractivity contribution < 1.29 is 4.42 Å². The van der Waals surface area contributed by atoms with Gasteiger partial charge in [0.05, 0.1) is 12.1 Å². The third kappa shape index (κ3) is 3.11. The first-order valence-corrected chi connectivity index (χ1v) is 9.43. The molecule has 0 unspecified atom stereocenters. The molecule has 142 valence electrons. The van der Waals surface area contributed by atoms with Crippen molar-refractivity contribution >= 4 is 11.1 Å². The standard InChI is InChI=1S/C20H20N6O2/c27-20-25(16-5-1-2-6-17(16)28-20)12-10-24-9-7-18-22-19(23-26(18)13-11-24)15-4-3-8-21-14-15/h1-6,8,14H,7,9-13H2. The molecule has 8 heteroatoms. The van der Waals surface area contributed by atoms with Gasteiger partial charge in [-0.1, -0.05) is 12.1 Å². The molecule has 28 heavy (non-hydrogen) atoms. The van der Waals surface area contributed by atoms with Gasteiger partial charge < -0.3 is 4.42 Å². The van der Waals surface area contributed by atoms with Gasteiger partial charge in [-0.25, -0.2) is 14.5 Å². The van der Waals surface area contributed by atoms with Crippen LogP contribution in [-0.4, -0.2) is 48.8 Å². The van der Waals surface area contributed by atoms with Crippen LogP contribution in [0.15, 0.2) is 58.0 Å². The van der Waals surface area contributed by atoms with Gasteiger partial charge >= 0.3 is 5.76 Å². The number of benzene rings is 1. The number of nitrogens with zero attached hydrogens (tertiary/aromatic N) is 6. The average molecular weight is 376 g/mol. The van der Waals surface area contributed by atoms with E-state index in [2.05, 4.69) is 15.0 Å². The Balaban J connectivity index is 1.27. The summed E-state index contributed by atoms with van der Waals surface area (Å²) in [5.41, 5.74) is 2.42. The van der Waals surface area contributed by atoms with Crippen molar-refractivity contribution in [2.45, 2.75) is 19.5 Å². The molecule has 8 nitrogen and oxygen atoms in total. The van der Waals surface area contributed by atoms with Gasteiger partial charge in [-0.2, -0.15) is 5.10 Å². The zero-order chi connectivity index (χ0) is 18.9. The van der Waals surface area contributed by atoms with Crippen LogP contribution < -0.4 is 5.76 Å². The summed E-state index contributed by atoms with van der Waals surface area (Å²) >= 11 is 0. The number of rotatable bonds is 4. The number of hydrogen-bond donors (Lipinski definition) is 0. The first kappa shape index (κ1) is 16.9. The van der Waals surface area contributed by atoms with Gasteiger partial charge in [-0.15, -0.1) is 0 Å². The van der Waals surface area contributed by atoms with Crippen molar-refractivity contribution in [2.75, 3.05) is 19.6 Å². The molecular weight excluding hydrogens is 356 g/mol. The van der Waals surface area contributed by atoms with Crippen LogP contribution in [0.25, 0.3) is 22.5 Å². The minimum Gasteiger partial charge on any atom is -0.408 e. The highest BCUT2D eigenvalue weighted by Crippen LogP contribution is 2.16. The Kier molecular flexibility index (Phi) is 4.25. The largest absolute Gasteiger partial charge is 0.419 e. The number of para-hydroxylation sites is 2. The molecule has 0 amide bonds. The van der Waals surface area contributed by atoms with Gasteiger partial charge in [0.25, 0.3) is 0 Å². The highest BCUT2D eigenvalue weighted by atomic mass is 16.4. The molecule has 1 aromatic carbocycles. The molecule has 1 aliphatic rings. The lowest BCUT2D eigenvalue weighted by molar-refractivity contribution is 0.264. The lowest BCUT2D eigenvalue weighted by atomic mass is 10.3. The van der Waals surface area contributed by atoms with E-state index < -0.39 is 0 Å². The topological polar surface area (TPSA) is 82.0 Å². The third-order valence-electron chi connectivity index (χ3n) is 5.16. The SMILES string of the molecule is O=c1oc2ccccc2n1CCN1CCc2nc(-c3cccnc3)nn2CC1. The van der Waals surface area contributed by atoms with E-state index in [1.165, 1.54) is 0 Å². The molecule has 0 saturated carbocycles. The number of oxazole rings is 1. The molecule has 0 N–H and O–H groups in total. The normalized spacial score (nSPS) is 14.9. The lowest BCUT2D eigenvalue weighted by Gasteiger charge is -2.19. The molecule has 3 aromatic heterocycles. The van der Waals surface area contributed by atoms with Crippen molar-refractivity contribution in [3.05, 3.63) is 65.2 Å². The van der Waals surface area contributed by atoms with Crippen LogP contribution in [0.1, 0.15) is 5.82 Å². The predicted octanol–water partition coefficient (Wildman–Crippen LogP) is 1.81. The molecule has 0 atom stereocenters. The van der Waals surface area contributed by atoms with E-state index in [4.69, 9.17) is 9.40 Å². The van der Waals surface area contributed by atoms with Crippen molar-refractivity contribution in [3.63, 3.8) is 0 Å². The van der Waals surface area contributed by atoms with Crippen LogP contribution in [-0.2, 0) is 19.5 Å². The summed E-state index contributed by atoms with van der Waals surface area (Å²) in [4.78, 5) is 23.3. The summed E-state index contributed by atoms with van der Waals surface area (Å²) in [6.07, 6.45) is 4.36. The second-order valence-electron chi connectivity index (χ2n) is 6.90. The van der Waals surface area contributed by atoms with Crippen LogP contribution in [0, 0.1) is 0 Å². The Bertz CT molecular complexity index is 1130. The number of hydrogen-bond acceptors (Lipinski definition) is 6. The van der Waals surface area contributed by atoms with E-state index in [-0.39, 0.29) is 5.76 Å². The van der Waals surface area contributed by atoms with E-state index in [1.54, 1.807) is 17.0 Å². The quantitative estimate of drug-likeness (QED) is 0.540. The highest BCUT2D eigenvalue weighted by Gasteiger charge is 2.18. The smallest absolute Gasteiger partial charge is 0.408 e. The van der Waals surface area contributed by atoms with E-state index in [9.17, 15) is 4.79 Å². The van der Waals surface area contributed by atoms with Crippen LogP contribution >= 0.6 is 0 Å². The second-order valence-corrected chi connectivity index (χ2v) is 6.90. The van der Waals surface area contributed by atoms with Crippen LogP contribution in [0.4, 0.5) is 0 Å². The Morgan fingerprint density at radius 1 is 1.04 bits per heavy atom. The molecule has 1 aliphatic heterocycles. The molecule has 0 aliphatic carbocycles. The second kappa shape index (κ2) is 7.05. The molecule has 4 heterocycles. The molecule has 0 spiro atoms. The molecular formula is C20H20N6O2. The van der Waals surface area contributed by atoms with Crippen molar-refractivity contribution in [1.29, 1.82) is 0 Å². The van der Waals surface area contributed by atoms with Gasteiger partial charge in [0, 0.05) is 50.6 Å². The number of pyridine rings is 1. The summed E-state index contributed by atoms with van der Waals surface area (Å²) in [6, 6.07) is 11.4. The minimum absolute atomic E-state index is 0.299. The molecule has 0 radical (unpaired) electrons. The third-order valence-corrected chi connectivity index (χ3v) is 5.16. The van der Waals surface area contributed by atoms with Crippen LogP contribution in [0.2, 0.25) is 0 Å². The Labute approximate surface area is 161 Å². The Morgan fingerprint density at radius 2 is 1.96 bits per heavy atom. The maximum atomic E-state index is 12.1. The van der Waals surface area contributed by atoms with Crippen LogP contribution in [0.5, 0.6) is 0 Å². The first-order chi connectivity index (χ1) is 13.8. The summed E-state index contributed by atoms with van der Waals surface area (Å²) in [5.74, 6) is 1.42. The van der Waals surface area contributed by atoms with Crippen molar-refractivity contribution in [1.82, 2.24) is 29.2 Å². The predicted molar refractivity (Wildman–Crippen MR) is 104 cm³/mol. The lowest BCUT2D eigenvalue weighted by Crippen LogP contribution is -2.32. The van der Waals surface area contributed by atoms with Crippen LogP contribution in [0.3, 0.4) is 0 Å². The van der Waals surface area contributed by atoms with Gasteiger partial charge in [-0.05, 0) is 24.3 Å². The van der Waals surface area contributed by atoms with Gasteiger partial charge in [0.1, 0.15) is 5.82 Å². The van der Waals surface area contributed by atoms with E-state index in [1.807, 2.05) is 41.1 Å². The fourth-order valence-electron chi connectivity index (χ4n) is 3.65. The fourth-order valence-corrected chi connectivity index (χ4v) is 3.65. The Morgan fingerprint density at radius 3 is 2.86 bits per heavy atom. The average Bonchev–Trinajstić information content (AvgIpc) is 3.22. The monoisotopic (exact) mass is 376 g/mol. The first-order valence-electron chi connectivity index (χ1n) is 9.43. The summed E-state index contributed by atoms with van der Waals surface area (Å²) in [7, 11) is 0. The zero-order valence-electron chi connectivity index (χ0n) is 15.4. The fraction of sp³-hybridized carbons (Fsp3) is 0.300. The number of fused-ring (bicyclic) bond motifs is 2. The summed E-state index contributed by atoms with van der Waals surface area (Å²) in [6.45, 7) is 3.92. The van der Waals surface area contributed by atoms with E-state index in [0.29, 0.717) is 12.1 Å².